The number of nitrogens with zero attached hydrogens (tertiary/aromatic N) is 2. The Morgan fingerprint density at radius 1 is 1.19 bits per heavy atom. The molecule has 2 aliphatic heterocycles. The molecule has 166 valence electrons. The van der Waals surface area contributed by atoms with E-state index in [-0.39, 0.29) is 29.8 Å². The first-order chi connectivity index (χ1) is 15.7. The zero-order chi connectivity index (χ0) is 22.0. The van der Waals surface area contributed by atoms with Gasteiger partial charge < -0.3 is 19.5 Å². The van der Waals surface area contributed by atoms with Gasteiger partial charge in [0.2, 0.25) is 5.91 Å². The van der Waals surface area contributed by atoms with Crippen LogP contribution in [0.5, 0.6) is 5.75 Å². The monoisotopic (exact) mass is 433 g/mol. The third-order valence-corrected chi connectivity index (χ3v) is 6.78. The highest BCUT2D eigenvalue weighted by atomic mass is 16.5. The SMILES string of the molecule is N#CCc1cc(-c2ccnc(NC(=O)C3CC34CCOC4)c2)ccc1OC1CCOCC1. The average Bonchev–Trinajstić information content (AvgIpc) is 3.32. The van der Waals surface area contributed by atoms with Gasteiger partial charge in [0.1, 0.15) is 17.7 Å². The van der Waals surface area contributed by atoms with Crippen LogP contribution in [-0.4, -0.2) is 43.4 Å². The van der Waals surface area contributed by atoms with E-state index in [1.165, 1.54) is 0 Å². The highest BCUT2D eigenvalue weighted by molar-refractivity contribution is 5.94. The van der Waals surface area contributed by atoms with Crippen molar-refractivity contribution in [2.45, 2.75) is 38.2 Å². The van der Waals surface area contributed by atoms with Crippen LogP contribution >= 0.6 is 0 Å². The fraction of sp³-hybridized carbons (Fsp3) is 0.480. The Labute approximate surface area is 187 Å². The number of rotatable bonds is 6. The van der Waals surface area contributed by atoms with E-state index in [0.29, 0.717) is 25.6 Å². The highest BCUT2D eigenvalue weighted by Crippen LogP contribution is 2.58. The molecular formula is C25H27N3O4. The van der Waals surface area contributed by atoms with Gasteiger partial charge in [0.05, 0.1) is 32.3 Å². The van der Waals surface area contributed by atoms with E-state index >= 15 is 0 Å². The molecule has 7 nitrogen and oxygen atoms in total. The zero-order valence-corrected chi connectivity index (χ0v) is 18.0. The maximum absolute atomic E-state index is 12.7. The minimum Gasteiger partial charge on any atom is -0.490 e. The zero-order valence-electron chi connectivity index (χ0n) is 18.0. The van der Waals surface area contributed by atoms with Crippen LogP contribution in [0.25, 0.3) is 11.1 Å². The first kappa shape index (κ1) is 20.9. The molecular weight excluding hydrogens is 406 g/mol. The third kappa shape index (κ3) is 4.34. The fourth-order valence-corrected chi connectivity index (χ4v) is 4.74. The van der Waals surface area contributed by atoms with E-state index in [1.807, 2.05) is 30.3 Å². The summed E-state index contributed by atoms with van der Waals surface area (Å²) in [6.07, 6.45) is 5.65. The standard InChI is InChI=1S/C25H27N3O4/c26-8-3-19-13-17(1-2-22(19)32-20-5-10-30-11-6-20)18-4-9-27-23(14-18)28-24(29)21-15-25(21)7-12-31-16-25/h1-2,4,9,13-14,20-21H,3,5-7,10-12,15-16H2,(H,27,28,29). The van der Waals surface area contributed by atoms with Crippen molar-refractivity contribution in [3.63, 3.8) is 0 Å². The Bertz CT molecular complexity index is 1040. The van der Waals surface area contributed by atoms with E-state index in [1.54, 1.807) is 6.20 Å². The number of aromatic nitrogens is 1. The first-order valence-electron chi connectivity index (χ1n) is 11.3. The van der Waals surface area contributed by atoms with Gasteiger partial charge >= 0.3 is 0 Å². The molecule has 1 saturated carbocycles. The molecule has 32 heavy (non-hydrogen) atoms. The van der Waals surface area contributed by atoms with Crippen LogP contribution in [0, 0.1) is 22.7 Å². The summed E-state index contributed by atoms with van der Waals surface area (Å²) in [5.41, 5.74) is 2.80. The van der Waals surface area contributed by atoms with Gasteiger partial charge in [-0.15, -0.1) is 0 Å². The molecule has 1 aliphatic carbocycles. The van der Waals surface area contributed by atoms with Gasteiger partial charge in [-0.25, -0.2) is 4.98 Å². The molecule has 2 unspecified atom stereocenters. The molecule has 3 aliphatic rings. The number of pyridine rings is 1. The molecule has 7 heteroatoms. The highest BCUT2D eigenvalue weighted by Gasteiger charge is 2.59. The Morgan fingerprint density at radius 3 is 2.81 bits per heavy atom. The Morgan fingerprint density at radius 2 is 2.03 bits per heavy atom. The van der Waals surface area contributed by atoms with E-state index < -0.39 is 0 Å². The molecule has 0 bridgehead atoms. The summed E-state index contributed by atoms with van der Waals surface area (Å²) in [6.45, 7) is 2.84. The summed E-state index contributed by atoms with van der Waals surface area (Å²) in [6, 6.07) is 11.9. The maximum Gasteiger partial charge on any atom is 0.229 e. The number of nitriles is 1. The summed E-state index contributed by atoms with van der Waals surface area (Å²) in [5, 5.41) is 12.3. The minimum atomic E-state index is 0.0132. The Kier molecular flexibility index (Phi) is 5.81. The minimum absolute atomic E-state index is 0.0132. The van der Waals surface area contributed by atoms with Crippen molar-refractivity contribution in [3.05, 3.63) is 42.1 Å². The Balaban J connectivity index is 1.31. The molecule has 0 radical (unpaired) electrons. The lowest BCUT2D eigenvalue weighted by atomic mass is 10.0. The van der Waals surface area contributed by atoms with Crippen LogP contribution in [0.3, 0.4) is 0 Å². The number of amides is 1. The molecule has 1 N–H and O–H groups in total. The van der Waals surface area contributed by atoms with E-state index in [2.05, 4.69) is 16.4 Å². The molecule has 1 aromatic heterocycles. The van der Waals surface area contributed by atoms with Gasteiger partial charge in [0.15, 0.2) is 0 Å². The quantitative estimate of drug-likeness (QED) is 0.746. The second-order valence-electron chi connectivity index (χ2n) is 8.93. The van der Waals surface area contributed by atoms with Crippen molar-refractivity contribution in [2.24, 2.45) is 11.3 Å². The van der Waals surface area contributed by atoms with Crippen molar-refractivity contribution in [2.75, 3.05) is 31.7 Å². The van der Waals surface area contributed by atoms with Crippen LogP contribution in [0.2, 0.25) is 0 Å². The fourth-order valence-electron chi connectivity index (χ4n) is 4.74. The predicted octanol–water partition coefficient (Wildman–Crippen LogP) is 3.74. The number of hydrogen-bond donors (Lipinski definition) is 1. The summed E-state index contributed by atoms with van der Waals surface area (Å²) in [5.74, 6) is 1.32. The van der Waals surface area contributed by atoms with Crippen LogP contribution in [0.4, 0.5) is 5.82 Å². The maximum atomic E-state index is 12.7. The van der Waals surface area contributed by atoms with Crippen LogP contribution in [0.15, 0.2) is 36.5 Å². The summed E-state index contributed by atoms with van der Waals surface area (Å²) in [4.78, 5) is 17.0. The van der Waals surface area contributed by atoms with Crippen LogP contribution in [-0.2, 0) is 20.7 Å². The number of carbonyl (C=O) groups excluding carboxylic acids is 1. The normalized spacial score (nSPS) is 24.8. The van der Waals surface area contributed by atoms with E-state index in [0.717, 1.165) is 54.7 Å². The summed E-state index contributed by atoms with van der Waals surface area (Å²) < 4.78 is 17.1. The number of nitrogens with one attached hydrogen (secondary N) is 1. The Hall–Kier alpha value is -2.95. The lowest BCUT2D eigenvalue weighted by Gasteiger charge is -2.24. The van der Waals surface area contributed by atoms with Gasteiger partial charge in [-0.3, -0.25) is 4.79 Å². The van der Waals surface area contributed by atoms with Crippen molar-refractivity contribution in [1.82, 2.24) is 4.98 Å². The van der Waals surface area contributed by atoms with Crippen LogP contribution in [0.1, 0.15) is 31.2 Å². The van der Waals surface area contributed by atoms with Crippen LogP contribution < -0.4 is 10.1 Å². The number of carbonyl (C=O) groups is 1. The largest absolute Gasteiger partial charge is 0.490 e. The lowest BCUT2D eigenvalue weighted by molar-refractivity contribution is -0.118. The number of benzene rings is 1. The van der Waals surface area contributed by atoms with Crippen molar-refractivity contribution >= 4 is 11.7 Å². The van der Waals surface area contributed by atoms with Crippen molar-refractivity contribution in [3.8, 4) is 22.9 Å². The number of anilines is 1. The molecule has 2 atom stereocenters. The van der Waals surface area contributed by atoms with Crippen molar-refractivity contribution < 1.29 is 19.0 Å². The molecule has 2 saturated heterocycles. The molecule has 1 amide bonds. The lowest BCUT2D eigenvalue weighted by Crippen LogP contribution is -2.26. The number of ether oxygens (including phenoxy) is 3. The van der Waals surface area contributed by atoms with Gasteiger partial charge in [-0.05, 0) is 48.2 Å². The van der Waals surface area contributed by atoms with Gasteiger partial charge in [-0.1, -0.05) is 6.07 Å². The molecule has 1 aromatic carbocycles. The average molecular weight is 434 g/mol. The smallest absolute Gasteiger partial charge is 0.229 e. The molecule has 1 spiro atoms. The molecule has 3 heterocycles. The second kappa shape index (κ2) is 8.89. The van der Waals surface area contributed by atoms with Gasteiger partial charge in [-0.2, -0.15) is 5.26 Å². The summed E-state index contributed by atoms with van der Waals surface area (Å²) in [7, 11) is 0. The topological polar surface area (TPSA) is 93.5 Å². The summed E-state index contributed by atoms with van der Waals surface area (Å²) >= 11 is 0. The molecule has 2 aromatic rings. The molecule has 5 rings (SSSR count). The number of hydrogen-bond acceptors (Lipinski definition) is 6. The van der Waals surface area contributed by atoms with Gasteiger partial charge in [0.25, 0.3) is 0 Å². The molecule has 3 fully saturated rings. The first-order valence-corrected chi connectivity index (χ1v) is 11.3. The third-order valence-electron chi connectivity index (χ3n) is 6.78. The second-order valence-corrected chi connectivity index (χ2v) is 8.93. The predicted molar refractivity (Wildman–Crippen MR) is 118 cm³/mol. The van der Waals surface area contributed by atoms with Gasteiger partial charge in [0, 0.05) is 42.5 Å². The van der Waals surface area contributed by atoms with E-state index in [9.17, 15) is 10.1 Å². The van der Waals surface area contributed by atoms with Crippen molar-refractivity contribution in [1.29, 1.82) is 5.26 Å². The van der Waals surface area contributed by atoms with E-state index in [4.69, 9.17) is 14.2 Å².